The van der Waals surface area contributed by atoms with Gasteiger partial charge in [-0.1, -0.05) is 31.9 Å². The zero-order valence-corrected chi connectivity index (χ0v) is 17.5. The van der Waals surface area contributed by atoms with Crippen molar-refractivity contribution in [3.8, 4) is 0 Å². The van der Waals surface area contributed by atoms with Gasteiger partial charge in [0.25, 0.3) is 5.91 Å². The lowest BCUT2D eigenvalue weighted by Crippen LogP contribution is -2.56. The zero-order chi connectivity index (χ0) is 20.8. The van der Waals surface area contributed by atoms with E-state index in [2.05, 4.69) is 20.2 Å². The van der Waals surface area contributed by atoms with Crippen molar-refractivity contribution in [2.24, 2.45) is 5.92 Å². The number of halogens is 1. The number of anilines is 1. The van der Waals surface area contributed by atoms with Gasteiger partial charge in [-0.15, -0.1) is 0 Å². The van der Waals surface area contributed by atoms with E-state index in [0.717, 1.165) is 12.2 Å². The van der Waals surface area contributed by atoms with E-state index < -0.39 is 6.04 Å². The second-order valence-electron chi connectivity index (χ2n) is 7.22. The van der Waals surface area contributed by atoms with Crippen molar-refractivity contribution >= 4 is 29.2 Å². The van der Waals surface area contributed by atoms with E-state index in [4.69, 9.17) is 11.6 Å². The second-order valence-corrected chi connectivity index (χ2v) is 7.66. The van der Waals surface area contributed by atoms with Crippen molar-refractivity contribution in [2.45, 2.75) is 26.3 Å². The van der Waals surface area contributed by atoms with Crippen LogP contribution in [-0.2, 0) is 4.79 Å². The summed E-state index contributed by atoms with van der Waals surface area (Å²) in [5, 5.41) is 3.50. The molecule has 3 rings (SSSR count). The Bertz CT molecular complexity index is 823. The van der Waals surface area contributed by atoms with E-state index in [0.29, 0.717) is 36.8 Å². The number of benzene rings is 1. The van der Waals surface area contributed by atoms with Gasteiger partial charge < -0.3 is 15.1 Å². The molecule has 0 radical (unpaired) electrons. The maximum atomic E-state index is 13.2. The molecule has 2 amide bonds. The normalized spacial score (nSPS) is 16.2. The predicted molar refractivity (Wildman–Crippen MR) is 113 cm³/mol. The Hall–Kier alpha value is -2.67. The van der Waals surface area contributed by atoms with Crippen LogP contribution >= 0.6 is 11.6 Å². The number of nitrogens with one attached hydrogen (secondary N) is 1. The fourth-order valence-electron chi connectivity index (χ4n) is 3.32. The van der Waals surface area contributed by atoms with Gasteiger partial charge >= 0.3 is 0 Å². The summed E-state index contributed by atoms with van der Waals surface area (Å²) in [7, 11) is 0. The summed E-state index contributed by atoms with van der Waals surface area (Å²) >= 11 is 5.90. The Labute approximate surface area is 176 Å². The number of hydrogen-bond acceptors (Lipinski definition) is 5. The monoisotopic (exact) mass is 415 g/mol. The lowest BCUT2D eigenvalue weighted by molar-refractivity contribution is -0.134. The van der Waals surface area contributed by atoms with Crippen molar-refractivity contribution in [1.29, 1.82) is 0 Å². The van der Waals surface area contributed by atoms with Crippen LogP contribution in [0.1, 0.15) is 30.6 Å². The minimum absolute atomic E-state index is 0.0248. The first-order valence-electron chi connectivity index (χ1n) is 9.85. The molecule has 1 fully saturated rings. The molecule has 0 aliphatic carbocycles. The van der Waals surface area contributed by atoms with Crippen molar-refractivity contribution in [1.82, 2.24) is 20.2 Å². The third-order valence-corrected chi connectivity index (χ3v) is 5.59. The smallest absolute Gasteiger partial charge is 0.251 e. The van der Waals surface area contributed by atoms with Gasteiger partial charge in [-0.25, -0.2) is 4.98 Å². The Morgan fingerprint density at radius 3 is 2.41 bits per heavy atom. The summed E-state index contributed by atoms with van der Waals surface area (Å²) in [6, 6.07) is 6.10. The van der Waals surface area contributed by atoms with Crippen molar-refractivity contribution < 1.29 is 9.59 Å². The molecule has 1 aliphatic rings. The molecular weight excluding hydrogens is 390 g/mol. The summed E-state index contributed by atoms with van der Waals surface area (Å²) < 4.78 is 0. The Morgan fingerprint density at radius 1 is 1.14 bits per heavy atom. The highest BCUT2D eigenvalue weighted by atomic mass is 35.5. The van der Waals surface area contributed by atoms with Gasteiger partial charge in [-0.05, 0) is 30.2 Å². The average Bonchev–Trinajstić information content (AvgIpc) is 2.77. The van der Waals surface area contributed by atoms with Crippen LogP contribution in [0.4, 0.5) is 5.82 Å². The maximum Gasteiger partial charge on any atom is 0.251 e. The van der Waals surface area contributed by atoms with Gasteiger partial charge in [0.2, 0.25) is 5.91 Å². The number of aromatic nitrogens is 2. The molecule has 1 aromatic carbocycles. The van der Waals surface area contributed by atoms with Crippen LogP contribution in [0.15, 0.2) is 42.9 Å². The molecule has 2 aromatic rings. The third kappa shape index (κ3) is 5.23. The SMILES string of the molecule is CCC(C)C(NC(=O)c1ccc(Cl)cc1)C(=O)N1CCN(c2cnccn2)CC1. The largest absolute Gasteiger partial charge is 0.352 e. The first-order valence-corrected chi connectivity index (χ1v) is 10.2. The van der Waals surface area contributed by atoms with E-state index in [1.807, 2.05) is 18.7 Å². The molecule has 1 saturated heterocycles. The van der Waals surface area contributed by atoms with Gasteiger partial charge in [0.1, 0.15) is 11.9 Å². The fraction of sp³-hybridized carbons (Fsp3) is 0.429. The summed E-state index contributed by atoms with van der Waals surface area (Å²) in [5.41, 5.74) is 0.489. The number of amides is 2. The molecule has 1 aliphatic heterocycles. The molecule has 2 heterocycles. The van der Waals surface area contributed by atoms with Crippen LogP contribution in [0.3, 0.4) is 0 Å². The minimum Gasteiger partial charge on any atom is -0.352 e. The van der Waals surface area contributed by atoms with E-state index in [1.54, 1.807) is 42.9 Å². The van der Waals surface area contributed by atoms with E-state index in [1.165, 1.54) is 0 Å². The first kappa shape index (κ1) is 21.0. The zero-order valence-electron chi connectivity index (χ0n) is 16.7. The summed E-state index contributed by atoms with van der Waals surface area (Å²) in [4.78, 5) is 38.2. The van der Waals surface area contributed by atoms with Crippen molar-refractivity contribution in [3.05, 3.63) is 53.4 Å². The molecule has 7 nitrogen and oxygen atoms in total. The topological polar surface area (TPSA) is 78.4 Å². The number of nitrogens with zero attached hydrogens (tertiary/aromatic N) is 4. The lowest BCUT2D eigenvalue weighted by Gasteiger charge is -2.38. The predicted octanol–water partition coefficient (Wildman–Crippen LogP) is 2.62. The van der Waals surface area contributed by atoms with Gasteiger partial charge in [0, 0.05) is 49.2 Å². The van der Waals surface area contributed by atoms with Crippen LogP contribution in [0, 0.1) is 5.92 Å². The maximum absolute atomic E-state index is 13.2. The van der Waals surface area contributed by atoms with Gasteiger partial charge in [-0.3, -0.25) is 14.6 Å². The Kier molecular flexibility index (Phi) is 7.04. The van der Waals surface area contributed by atoms with Gasteiger partial charge in [-0.2, -0.15) is 0 Å². The molecule has 2 atom stereocenters. The van der Waals surface area contributed by atoms with E-state index in [9.17, 15) is 9.59 Å². The Morgan fingerprint density at radius 2 is 1.83 bits per heavy atom. The first-order chi connectivity index (χ1) is 14.0. The molecule has 1 aromatic heterocycles. The number of piperazine rings is 1. The van der Waals surface area contributed by atoms with Crippen LogP contribution in [0.2, 0.25) is 5.02 Å². The molecule has 2 unspecified atom stereocenters. The number of rotatable bonds is 6. The van der Waals surface area contributed by atoms with Gasteiger partial charge in [0.15, 0.2) is 0 Å². The molecular formula is C21H26ClN5O2. The number of carbonyl (C=O) groups is 2. The minimum atomic E-state index is -0.564. The molecule has 0 saturated carbocycles. The second kappa shape index (κ2) is 9.69. The quantitative estimate of drug-likeness (QED) is 0.784. The van der Waals surface area contributed by atoms with Crippen LogP contribution in [0.25, 0.3) is 0 Å². The van der Waals surface area contributed by atoms with Gasteiger partial charge in [0.05, 0.1) is 6.20 Å². The Balaban J connectivity index is 1.65. The van der Waals surface area contributed by atoms with E-state index >= 15 is 0 Å². The average molecular weight is 416 g/mol. The third-order valence-electron chi connectivity index (χ3n) is 5.34. The van der Waals surface area contributed by atoms with E-state index in [-0.39, 0.29) is 17.7 Å². The number of hydrogen-bond donors (Lipinski definition) is 1. The standard InChI is InChI=1S/C21H26ClN5O2/c1-3-15(2)19(25-20(28)16-4-6-17(22)7-5-16)21(29)27-12-10-26(11-13-27)18-14-23-8-9-24-18/h4-9,14-15,19H,3,10-13H2,1-2H3,(H,25,28). The number of carbonyl (C=O) groups excluding carboxylic acids is 2. The highest BCUT2D eigenvalue weighted by Gasteiger charge is 2.32. The lowest BCUT2D eigenvalue weighted by atomic mass is 9.97. The van der Waals surface area contributed by atoms with Crippen molar-refractivity contribution in [3.63, 3.8) is 0 Å². The van der Waals surface area contributed by atoms with Crippen LogP contribution < -0.4 is 10.2 Å². The van der Waals surface area contributed by atoms with Crippen LogP contribution in [-0.4, -0.2) is 58.9 Å². The summed E-state index contributed by atoms with van der Waals surface area (Å²) in [5.74, 6) is 0.532. The van der Waals surface area contributed by atoms with Crippen molar-refractivity contribution in [2.75, 3.05) is 31.1 Å². The molecule has 1 N–H and O–H groups in total. The highest BCUT2D eigenvalue weighted by molar-refractivity contribution is 6.30. The summed E-state index contributed by atoms with van der Waals surface area (Å²) in [6.45, 7) is 6.54. The molecule has 154 valence electrons. The molecule has 29 heavy (non-hydrogen) atoms. The highest BCUT2D eigenvalue weighted by Crippen LogP contribution is 2.17. The van der Waals surface area contributed by atoms with Crippen LogP contribution in [0.5, 0.6) is 0 Å². The molecule has 0 bridgehead atoms. The fourth-order valence-corrected chi connectivity index (χ4v) is 3.44. The molecule has 8 heteroatoms. The summed E-state index contributed by atoms with van der Waals surface area (Å²) in [6.07, 6.45) is 5.82. The molecule has 0 spiro atoms.